The number of hydrogen-bond acceptors (Lipinski definition) is 4. The summed E-state index contributed by atoms with van der Waals surface area (Å²) >= 11 is 6.09. The highest BCUT2D eigenvalue weighted by Gasteiger charge is 2.23. The molecule has 0 aromatic heterocycles. The fourth-order valence-corrected chi connectivity index (χ4v) is 3.24. The lowest BCUT2D eigenvalue weighted by Crippen LogP contribution is -2.44. The van der Waals surface area contributed by atoms with E-state index in [1.165, 1.54) is 7.11 Å². The summed E-state index contributed by atoms with van der Waals surface area (Å²) in [5.74, 6) is 0.692. The van der Waals surface area contributed by atoms with Gasteiger partial charge in [-0.25, -0.2) is 0 Å². The van der Waals surface area contributed by atoms with Crippen LogP contribution in [0.1, 0.15) is 32.1 Å². The van der Waals surface area contributed by atoms with Gasteiger partial charge in [-0.05, 0) is 37.5 Å². The predicted octanol–water partition coefficient (Wildman–Crippen LogP) is 2.82. The number of methoxy groups -OCH3 is 1. The average molecular weight is 381 g/mol. The van der Waals surface area contributed by atoms with Crippen LogP contribution in [0.2, 0.25) is 5.02 Å². The van der Waals surface area contributed by atoms with E-state index in [1.807, 2.05) is 18.2 Å². The van der Waals surface area contributed by atoms with E-state index in [9.17, 15) is 4.79 Å². The third-order valence-electron chi connectivity index (χ3n) is 4.50. The lowest BCUT2D eigenvalue weighted by Gasteiger charge is -2.20. The first-order chi connectivity index (χ1) is 12.6. The molecule has 1 aromatic carbocycles. The molecule has 0 saturated carbocycles. The number of nitrogens with one attached hydrogen (secondary N) is 2. The van der Waals surface area contributed by atoms with Crippen LogP contribution in [0.15, 0.2) is 29.3 Å². The number of nitrogens with zero attached hydrogens (tertiary/aromatic N) is 2. The standard InChI is InChI=1S/C19H29ClN4O2/c1-21-19(22-11-5-3-4-9-18(25)26-2)23-16-10-12-24(14-16)17-8-6-7-15(20)13-17/h6-8,13,16H,3-5,9-12,14H2,1-2H3,(H2,21,22,23). The molecule has 1 heterocycles. The monoisotopic (exact) mass is 380 g/mol. The molecule has 26 heavy (non-hydrogen) atoms. The number of ether oxygens (including phenoxy) is 1. The van der Waals surface area contributed by atoms with Gasteiger partial charge in [0, 0.05) is 49.9 Å². The molecule has 1 aliphatic heterocycles. The molecule has 0 bridgehead atoms. The van der Waals surface area contributed by atoms with Gasteiger partial charge in [0.15, 0.2) is 5.96 Å². The molecule has 144 valence electrons. The van der Waals surface area contributed by atoms with Gasteiger partial charge in [-0.15, -0.1) is 0 Å². The topological polar surface area (TPSA) is 66.0 Å². The van der Waals surface area contributed by atoms with E-state index in [4.69, 9.17) is 11.6 Å². The number of carbonyl (C=O) groups excluding carboxylic acids is 1. The Hall–Kier alpha value is -1.95. The Bertz CT molecular complexity index is 609. The number of anilines is 1. The maximum atomic E-state index is 11.1. The summed E-state index contributed by atoms with van der Waals surface area (Å²) in [7, 11) is 3.21. The number of rotatable bonds is 8. The van der Waals surface area contributed by atoms with Crippen molar-refractivity contribution in [2.75, 3.05) is 38.7 Å². The second kappa shape index (κ2) is 10.9. The van der Waals surface area contributed by atoms with Gasteiger partial charge in [0.05, 0.1) is 7.11 Å². The summed E-state index contributed by atoms with van der Waals surface area (Å²) in [6, 6.07) is 8.34. The molecule has 1 atom stereocenters. The molecule has 0 aliphatic carbocycles. The van der Waals surface area contributed by atoms with Crippen molar-refractivity contribution in [3.63, 3.8) is 0 Å². The Balaban J connectivity index is 1.66. The predicted molar refractivity (Wildman–Crippen MR) is 107 cm³/mol. The summed E-state index contributed by atoms with van der Waals surface area (Å²) in [6.07, 6.45) is 4.40. The van der Waals surface area contributed by atoms with Crippen molar-refractivity contribution in [1.29, 1.82) is 0 Å². The number of carbonyl (C=O) groups is 1. The molecule has 6 nitrogen and oxygen atoms in total. The van der Waals surface area contributed by atoms with Gasteiger partial charge >= 0.3 is 5.97 Å². The van der Waals surface area contributed by atoms with E-state index < -0.39 is 0 Å². The van der Waals surface area contributed by atoms with Gasteiger partial charge in [0.2, 0.25) is 0 Å². The van der Waals surface area contributed by atoms with Gasteiger partial charge in [-0.3, -0.25) is 9.79 Å². The minimum absolute atomic E-state index is 0.138. The Morgan fingerprint density at radius 2 is 2.23 bits per heavy atom. The van der Waals surface area contributed by atoms with Crippen molar-refractivity contribution in [3.8, 4) is 0 Å². The van der Waals surface area contributed by atoms with Crippen LogP contribution in [0.4, 0.5) is 5.69 Å². The van der Waals surface area contributed by atoms with E-state index in [0.717, 1.165) is 62.0 Å². The fraction of sp³-hybridized carbons (Fsp3) is 0.579. The summed E-state index contributed by atoms with van der Waals surface area (Å²) in [5.41, 5.74) is 1.16. The zero-order chi connectivity index (χ0) is 18.8. The van der Waals surface area contributed by atoms with Gasteiger partial charge in [0.25, 0.3) is 0 Å². The molecule has 2 rings (SSSR count). The van der Waals surface area contributed by atoms with Crippen LogP contribution in [0.5, 0.6) is 0 Å². The Labute approximate surface area is 161 Å². The highest BCUT2D eigenvalue weighted by molar-refractivity contribution is 6.30. The van der Waals surface area contributed by atoms with Crippen molar-refractivity contribution in [2.45, 2.75) is 38.1 Å². The third-order valence-corrected chi connectivity index (χ3v) is 4.74. The lowest BCUT2D eigenvalue weighted by molar-refractivity contribution is -0.140. The third kappa shape index (κ3) is 6.75. The van der Waals surface area contributed by atoms with Gasteiger partial charge in [0.1, 0.15) is 0 Å². The average Bonchev–Trinajstić information content (AvgIpc) is 3.11. The highest BCUT2D eigenvalue weighted by atomic mass is 35.5. The first kappa shape index (κ1) is 20.4. The highest BCUT2D eigenvalue weighted by Crippen LogP contribution is 2.23. The van der Waals surface area contributed by atoms with Crippen LogP contribution in [-0.4, -0.2) is 51.8 Å². The molecule has 0 spiro atoms. The largest absolute Gasteiger partial charge is 0.469 e. The normalized spacial score (nSPS) is 17.3. The molecule has 1 aromatic rings. The van der Waals surface area contributed by atoms with Gasteiger partial charge in [-0.1, -0.05) is 24.1 Å². The zero-order valence-corrected chi connectivity index (χ0v) is 16.4. The Morgan fingerprint density at radius 3 is 2.96 bits per heavy atom. The van der Waals surface area contributed by atoms with E-state index >= 15 is 0 Å². The molecule has 0 amide bonds. The SMILES string of the molecule is CN=C(NCCCCCC(=O)OC)NC1CCN(c2cccc(Cl)c2)C1. The molecule has 1 fully saturated rings. The zero-order valence-electron chi connectivity index (χ0n) is 15.6. The quantitative estimate of drug-likeness (QED) is 0.314. The van der Waals surface area contributed by atoms with Crippen LogP contribution in [0, 0.1) is 0 Å². The molecule has 1 unspecified atom stereocenters. The minimum atomic E-state index is -0.138. The van der Waals surface area contributed by atoms with Gasteiger partial charge < -0.3 is 20.3 Å². The number of hydrogen-bond donors (Lipinski definition) is 2. The summed E-state index contributed by atoms with van der Waals surface area (Å²) in [5, 5.41) is 7.60. The van der Waals surface area contributed by atoms with Crippen molar-refractivity contribution >= 4 is 29.2 Å². The molecule has 7 heteroatoms. The maximum Gasteiger partial charge on any atom is 0.305 e. The number of benzene rings is 1. The maximum absolute atomic E-state index is 11.1. The molecule has 1 aliphatic rings. The number of esters is 1. The van der Waals surface area contributed by atoms with Crippen molar-refractivity contribution in [1.82, 2.24) is 10.6 Å². The first-order valence-electron chi connectivity index (χ1n) is 9.17. The smallest absolute Gasteiger partial charge is 0.305 e. The lowest BCUT2D eigenvalue weighted by atomic mass is 10.2. The first-order valence-corrected chi connectivity index (χ1v) is 9.54. The van der Waals surface area contributed by atoms with Crippen LogP contribution in [-0.2, 0) is 9.53 Å². The van der Waals surface area contributed by atoms with Crippen molar-refractivity contribution in [3.05, 3.63) is 29.3 Å². The molecule has 2 N–H and O–H groups in total. The Morgan fingerprint density at radius 1 is 1.38 bits per heavy atom. The van der Waals surface area contributed by atoms with Crippen LogP contribution < -0.4 is 15.5 Å². The van der Waals surface area contributed by atoms with Crippen LogP contribution in [0.3, 0.4) is 0 Å². The van der Waals surface area contributed by atoms with Crippen LogP contribution in [0.25, 0.3) is 0 Å². The van der Waals surface area contributed by atoms with Crippen LogP contribution >= 0.6 is 11.6 Å². The van der Waals surface area contributed by atoms with E-state index in [0.29, 0.717) is 12.5 Å². The number of unbranched alkanes of at least 4 members (excludes halogenated alkanes) is 2. The molecule has 0 radical (unpaired) electrons. The number of halogens is 1. The molecule has 1 saturated heterocycles. The van der Waals surface area contributed by atoms with Crippen molar-refractivity contribution < 1.29 is 9.53 Å². The molecular formula is C19H29ClN4O2. The second-order valence-electron chi connectivity index (χ2n) is 6.44. The number of guanidine groups is 1. The second-order valence-corrected chi connectivity index (χ2v) is 6.88. The Kier molecular flexibility index (Phi) is 8.54. The summed E-state index contributed by atoms with van der Waals surface area (Å²) in [6.45, 7) is 2.77. The van der Waals surface area contributed by atoms with Gasteiger partial charge in [-0.2, -0.15) is 0 Å². The minimum Gasteiger partial charge on any atom is -0.469 e. The fourth-order valence-electron chi connectivity index (χ4n) is 3.05. The van der Waals surface area contributed by atoms with E-state index in [1.54, 1.807) is 7.05 Å². The number of aliphatic imine (C=N–C) groups is 1. The summed E-state index contributed by atoms with van der Waals surface area (Å²) < 4.78 is 4.64. The summed E-state index contributed by atoms with van der Waals surface area (Å²) in [4.78, 5) is 17.7. The van der Waals surface area contributed by atoms with E-state index in [-0.39, 0.29) is 5.97 Å². The van der Waals surface area contributed by atoms with Crippen molar-refractivity contribution in [2.24, 2.45) is 4.99 Å². The van der Waals surface area contributed by atoms with E-state index in [2.05, 4.69) is 31.3 Å². The molecular weight excluding hydrogens is 352 g/mol.